The van der Waals surface area contributed by atoms with Crippen molar-refractivity contribution in [1.82, 2.24) is 0 Å². The summed E-state index contributed by atoms with van der Waals surface area (Å²) in [6, 6.07) is 67.5. The lowest BCUT2D eigenvalue weighted by molar-refractivity contribution is 0.592. The molecular formula is C78H72S2. The highest BCUT2D eigenvalue weighted by Gasteiger charge is 2.19. The average molecular weight is 1070 g/mol. The maximum absolute atomic E-state index is 5.16. The Balaban J connectivity index is 0.00000841. The van der Waals surface area contributed by atoms with Gasteiger partial charge in [-0.1, -0.05) is 287 Å². The van der Waals surface area contributed by atoms with E-state index < -0.39 is 0 Å². The third-order valence-corrected chi connectivity index (χ3v) is 14.8. The summed E-state index contributed by atoms with van der Waals surface area (Å²) in [5.74, 6) is 0.542. The number of thiol groups is 2. The Morgan fingerprint density at radius 2 is 1.10 bits per heavy atom. The lowest BCUT2D eigenvalue weighted by atomic mass is 9.84. The number of hydrogen-bond acceptors (Lipinski definition) is 2. The number of rotatable bonds is 19. The molecule has 1 atom stereocenters. The van der Waals surface area contributed by atoms with Gasteiger partial charge in [0.05, 0.1) is 0 Å². The van der Waals surface area contributed by atoms with Crippen LogP contribution < -0.4 is 0 Å². The van der Waals surface area contributed by atoms with Crippen LogP contribution in [0.15, 0.2) is 313 Å². The molecule has 0 aliphatic heterocycles. The van der Waals surface area contributed by atoms with Crippen LogP contribution in [0.3, 0.4) is 0 Å². The minimum absolute atomic E-state index is 0. The molecule has 80 heavy (non-hydrogen) atoms. The second-order valence-electron chi connectivity index (χ2n) is 20.0. The van der Waals surface area contributed by atoms with Crippen LogP contribution in [0.2, 0.25) is 0 Å². The van der Waals surface area contributed by atoms with E-state index in [1.54, 1.807) is 0 Å². The van der Waals surface area contributed by atoms with E-state index in [4.69, 9.17) is 25.3 Å². The highest BCUT2D eigenvalue weighted by atomic mass is 32.1. The summed E-state index contributed by atoms with van der Waals surface area (Å²) in [6.07, 6.45) is 39.6. The molecule has 0 N–H and O–H groups in total. The van der Waals surface area contributed by atoms with Gasteiger partial charge in [-0.15, -0.1) is 25.3 Å². The summed E-state index contributed by atoms with van der Waals surface area (Å²) in [5.41, 5.74) is 17.5. The summed E-state index contributed by atoms with van der Waals surface area (Å²) < 4.78 is 0. The number of allylic oxidation sites excluding steroid dienone is 20. The molecule has 2 heteroatoms. The molecule has 0 bridgehead atoms. The molecule has 0 nitrogen and oxygen atoms in total. The fourth-order valence-electron chi connectivity index (χ4n) is 10.3. The van der Waals surface area contributed by atoms with Crippen LogP contribution in [0.25, 0.3) is 60.4 Å². The van der Waals surface area contributed by atoms with Crippen molar-refractivity contribution < 1.29 is 0 Å². The third-order valence-electron chi connectivity index (χ3n) is 14.1. The molecule has 1 unspecified atom stereocenters. The summed E-state index contributed by atoms with van der Waals surface area (Å²) in [6.45, 7) is 10.7. The lowest BCUT2D eigenvalue weighted by Crippen LogP contribution is -1.94. The first kappa shape index (κ1) is 57.8. The molecule has 8 aromatic rings. The normalized spacial score (nSPS) is 13.6. The van der Waals surface area contributed by atoms with Crippen molar-refractivity contribution in [2.24, 2.45) is 5.92 Å². The molecule has 0 heterocycles. The molecule has 9 rings (SSSR count). The van der Waals surface area contributed by atoms with Crippen molar-refractivity contribution in [3.05, 3.63) is 352 Å². The van der Waals surface area contributed by atoms with Gasteiger partial charge >= 0.3 is 0 Å². The molecule has 0 spiro atoms. The first-order chi connectivity index (χ1) is 38.8. The Labute approximate surface area is 488 Å². The second kappa shape index (κ2) is 29.0. The standard InChI is InChI=1S/C77H68S2.CH4/c1-5-7-26-56(3)51-57(4)52-58(25-6-2)28-23-38-68(78)39-24-42-75(79)67-49-50-71-74(55-67)77(66-47-44-60(45-48-66)54-73(63-33-16-10-17-34-63)64-35-18-11-19-36-64)70-41-21-20-40-69(70)76(71)65-37-22-27-59(43-46-65)53-72(61-29-12-8-13-30-61)62-31-14-9-15-32-62;/h5-25,28-50,52-56,78-79H,4,26-27,51H2,1-3H3;1H4/b7-5-,25-6-,28-23+,39-24+,58-52+,68-38-,75-42-;. The highest BCUT2D eigenvalue weighted by Crippen LogP contribution is 2.44. The van der Waals surface area contributed by atoms with E-state index in [9.17, 15) is 0 Å². The van der Waals surface area contributed by atoms with Gasteiger partial charge in [0.15, 0.2) is 0 Å². The van der Waals surface area contributed by atoms with Gasteiger partial charge in [0, 0.05) is 9.81 Å². The third kappa shape index (κ3) is 15.0. The van der Waals surface area contributed by atoms with E-state index in [-0.39, 0.29) is 7.43 Å². The zero-order chi connectivity index (χ0) is 54.8. The van der Waals surface area contributed by atoms with Gasteiger partial charge in [-0.25, -0.2) is 0 Å². The first-order valence-corrected chi connectivity index (χ1v) is 28.3. The second-order valence-corrected chi connectivity index (χ2v) is 21.0. The van der Waals surface area contributed by atoms with Gasteiger partial charge < -0.3 is 0 Å². The van der Waals surface area contributed by atoms with E-state index in [0.29, 0.717) is 5.92 Å². The van der Waals surface area contributed by atoms with E-state index in [1.807, 2.05) is 31.2 Å². The van der Waals surface area contributed by atoms with Gasteiger partial charge in [0.25, 0.3) is 0 Å². The van der Waals surface area contributed by atoms with Crippen LogP contribution in [-0.2, 0) is 0 Å². The molecule has 0 fully saturated rings. The fraction of sp³-hybridized carbons (Fsp3) is 0.103. The molecule has 0 amide bonds. The summed E-state index contributed by atoms with van der Waals surface area (Å²) >= 11 is 9.99. The maximum Gasteiger partial charge on any atom is 0.0113 e. The minimum atomic E-state index is 0. The van der Waals surface area contributed by atoms with Crippen molar-refractivity contribution in [3.63, 3.8) is 0 Å². The zero-order valence-electron chi connectivity index (χ0n) is 45.5. The van der Waals surface area contributed by atoms with Crippen molar-refractivity contribution in [1.29, 1.82) is 0 Å². The monoisotopic (exact) mass is 1070 g/mol. The molecule has 0 saturated carbocycles. The predicted molar refractivity (Wildman–Crippen MR) is 361 cm³/mol. The molecule has 1 aliphatic rings. The van der Waals surface area contributed by atoms with Crippen molar-refractivity contribution >= 4 is 74.5 Å². The summed E-state index contributed by atoms with van der Waals surface area (Å²) in [7, 11) is 0. The zero-order valence-corrected chi connectivity index (χ0v) is 47.3. The van der Waals surface area contributed by atoms with Crippen LogP contribution in [0.1, 0.15) is 86.4 Å². The summed E-state index contributed by atoms with van der Waals surface area (Å²) in [4.78, 5) is 1.68. The number of fused-ring (bicyclic) bond motifs is 2. The smallest absolute Gasteiger partial charge is 0.0113 e. The molecule has 8 aromatic carbocycles. The van der Waals surface area contributed by atoms with Crippen LogP contribution in [0.4, 0.5) is 0 Å². The van der Waals surface area contributed by atoms with Gasteiger partial charge in [-0.2, -0.15) is 0 Å². The van der Waals surface area contributed by atoms with Gasteiger partial charge in [0.1, 0.15) is 0 Å². The topological polar surface area (TPSA) is 0 Å². The highest BCUT2D eigenvalue weighted by molar-refractivity contribution is 7.90. The number of hydrogen-bond donors (Lipinski definition) is 2. The molecule has 0 radical (unpaired) electrons. The van der Waals surface area contributed by atoms with Crippen molar-refractivity contribution in [2.75, 3.05) is 0 Å². The van der Waals surface area contributed by atoms with Crippen LogP contribution in [0, 0.1) is 5.92 Å². The first-order valence-electron chi connectivity index (χ1n) is 27.4. The molecule has 1 aliphatic carbocycles. The van der Waals surface area contributed by atoms with Gasteiger partial charge in [-0.3, -0.25) is 0 Å². The Kier molecular flexibility index (Phi) is 20.9. The molecule has 0 aromatic heterocycles. The lowest BCUT2D eigenvalue weighted by Gasteiger charge is -2.19. The van der Waals surface area contributed by atoms with Crippen LogP contribution >= 0.6 is 25.3 Å². The van der Waals surface area contributed by atoms with Crippen LogP contribution in [0.5, 0.6) is 0 Å². The SMILES string of the molecule is C.C=C(/C=C(\C=C/C)/C=C/C=C(S)/C=C/C=C(\S)c1ccc2c(C3=CC=C(C=C(c4ccccc4)c4ccccc4)CC=C3)c3ccccc3c(-c3ccc(C=C(c4ccccc4)c4ccccc4)cc3)c2c1)CC(C)C/C=C\C. The average Bonchev–Trinajstić information content (AvgIpc) is 3.90. The maximum atomic E-state index is 5.16. The molecule has 396 valence electrons. The van der Waals surface area contributed by atoms with E-state index >= 15 is 0 Å². The Morgan fingerprint density at radius 3 is 1.69 bits per heavy atom. The largest absolute Gasteiger partial charge is 0.143 e. The van der Waals surface area contributed by atoms with Gasteiger partial charge in [-0.05, 0) is 169 Å². The van der Waals surface area contributed by atoms with Crippen molar-refractivity contribution in [2.45, 2.75) is 47.5 Å². The van der Waals surface area contributed by atoms with E-state index in [1.165, 1.54) is 71.8 Å². The quantitative estimate of drug-likeness (QED) is 0.0260. The van der Waals surface area contributed by atoms with Gasteiger partial charge in [0.2, 0.25) is 0 Å². The molecular weight excluding hydrogens is 1000 g/mol. The summed E-state index contributed by atoms with van der Waals surface area (Å²) in [5, 5.41) is 4.73. The van der Waals surface area contributed by atoms with E-state index in [2.05, 4.69) is 287 Å². The molecule has 0 saturated heterocycles. The Bertz CT molecular complexity index is 3720. The fourth-order valence-corrected chi connectivity index (χ4v) is 10.7. The van der Waals surface area contributed by atoms with E-state index in [0.717, 1.165) is 62.3 Å². The number of benzene rings is 8. The predicted octanol–water partition coefficient (Wildman–Crippen LogP) is 22.5. The minimum Gasteiger partial charge on any atom is -0.143 e. The van der Waals surface area contributed by atoms with Crippen molar-refractivity contribution in [3.8, 4) is 11.1 Å². The Morgan fingerprint density at radius 1 is 0.550 bits per heavy atom. The van der Waals surface area contributed by atoms with Crippen LogP contribution in [-0.4, -0.2) is 0 Å². The Hall–Kier alpha value is -8.40.